The lowest BCUT2D eigenvalue weighted by molar-refractivity contribution is 0.703. The number of nitrogens with two attached hydrogens (primary N) is 1. The SMILES string of the molecule is Cc1ccc(N(C)C(N)=NC2CCCC2)cc1. The summed E-state index contributed by atoms with van der Waals surface area (Å²) >= 11 is 0. The van der Waals surface area contributed by atoms with Crippen molar-refractivity contribution >= 4 is 11.6 Å². The second kappa shape index (κ2) is 5.21. The third kappa shape index (κ3) is 2.99. The highest BCUT2D eigenvalue weighted by Gasteiger charge is 2.15. The largest absolute Gasteiger partial charge is 0.370 e. The molecule has 2 N–H and O–H groups in total. The molecule has 0 bridgehead atoms. The Bertz CT molecular complexity index is 388. The number of aryl methyl sites for hydroxylation is 1. The summed E-state index contributed by atoms with van der Waals surface area (Å²) in [6, 6.07) is 8.77. The van der Waals surface area contributed by atoms with E-state index in [1.807, 2.05) is 11.9 Å². The lowest BCUT2D eigenvalue weighted by atomic mass is 10.2. The smallest absolute Gasteiger partial charge is 0.195 e. The molecule has 1 aromatic carbocycles. The molecule has 0 aliphatic heterocycles. The van der Waals surface area contributed by atoms with E-state index in [0.29, 0.717) is 12.0 Å². The molecular formula is C14H21N3. The van der Waals surface area contributed by atoms with Crippen molar-refractivity contribution in [3.8, 4) is 0 Å². The van der Waals surface area contributed by atoms with Gasteiger partial charge in [-0.3, -0.25) is 0 Å². The Balaban J connectivity index is 2.07. The van der Waals surface area contributed by atoms with Gasteiger partial charge in [0, 0.05) is 12.7 Å². The zero-order chi connectivity index (χ0) is 12.3. The highest BCUT2D eigenvalue weighted by atomic mass is 15.2. The summed E-state index contributed by atoms with van der Waals surface area (Å²) in [5, 5.41) is 0. The molecule has 0 amide bonds. The molecule has 17 heavy (non-hydrogen) atoms. The van der Waals surface area contributed by atoms with E-state index in [0.717, 1.165) is 5.69 Å². The molecule has 1 aliphatic carbocycles. The quantitative estimate of drug-likeness (QED) is 0.628. The molecule has 0 heterocycles. The van der Waals surface area contributed by atoms with Gasteiger partial charge in [0.2, 0.25) is 0 Å². The summed E-state index contributed by atoms with van der Waals surface area (Å²) in [5.74, 6) is 0.626. The lowest BCUT2D eigenvalue weighted by Gasteiger charge is -2.19. The number of hydrogen-bond donors (Lipinski definition) is 1. The van der Waals surface area contributed by atoms with E-state index in [4.69, 9.17) is 5.73 Å². The van der Waals surface area contributed by atoms with E-state index >= 15 is 0 Å². The molecule has 92 valence electrons. The average molecular weight is 231 g/mol. The molecule has 0 radical (unpaired) electrons. The Morgan fingerprint density at radius 2 is 1.82 bits per heavy atom. The molecule has 0 spiro atoms. The summed E-state index contributed by atoms with van der Waals surface area (Å²) < 4.78 is 0. The summed E-state index contributed by atoms with van der Waals surface area (Å²) in [7, 11) is 1.97. The van der Waals surface area contributed by atoms with E-state index < -0.39 is 0 Å². The van der Waals surface area contributed by atoms with Gasteiger partial charge in [-0.05, 0) is 31.9 Å². The highest BCUT2D eigenvalue weighted by Crippen LogP contribution is 2.21. The predicted octanol–water partition coefficient (Wildman–Crippen LogP) is 2.69. The molecule has 2 rings (SSSR count). The zero-order valence-corrected chi connectivity index (χ0v) is 10.7. The molecule has 1 aliphatic rings. The maximum atomic E-state index is 6.04. The van der Waals surface area contributed by atoms with Crippen molar-refractivity contribution in [3.63, 3.8) is 0 Å². The van der Waals surface area contributed by atoms with Gasteiger partial charge in [0.1, 0.15) is 0 Å². The van der Waals surface area contributed by atoms with E-state index in [1.165, 1.54) is 31.2 Å². The summed E-state index contributed by atoms with van der Waals surface area (Å²) in [5.41, 5.74) is 8.39. The van der Waals surface area contributed by atoms with Crippen LogP contribution in [0.4, 0.5) is 5.69 Å². The fourth-order valence-electron chi connectivity index (χ4n) is 2.21. The van der Waals surface area contributed by atoms with Crippen LogP contribution in [0.5, 0.6) is 0 Å². The van der Waals surface area contributed by atoms with Gasteiger partial charge in [0.25, 0.3) is 0 Å². The number of aliphatic imine (C=N–C) groups is 1. The van der Waals surface area contributed by atoms with Crippen molar-refractivity contribution in [2.45, 2.75) is 38.6 Å². The molecule has 0 saturated heterocycles. The van der Waals surface area contributed by atoms with E-state index in [2.05, 4.69) is 36.2 Å². The molecule has 0 aromatic heterocycles. The van der Waals surface area contributed by atoms with Crippen molar-refractivity contribution in [1.29, 1.82) is 0 Å². The van der Waals surface area contributed by atoms with Gasteiger partial charge < -0.3 is 10.6 Å². The minimum atomic E-state index is 0.433. The van der Waals surface area contributed by atoms with Crippen molar-refractivity contribution in [1.82, 2.24) is 0 Å². The Hall–Kier alpha value is -1.51. The van der Waals surface area contributed by atoms with Gasteiger partial charge in [-0.2, -0.15) is 0 Å². The minimum absolute atomic E-state index is 0.433. The number of anilines is 1. The van der Waals surface area contributed by atoms with Crippen molar-refractivity contribution in [2.24, 2.45) is 10.7 Å². The first-order valence-corrected chi connectivity index (χ1v) is 6.30. The first-order valence-electron chi connectivity index (χ1n) is 6.30. The third-order valence-electron chi connectivity index (χ3n) is 3.40. The normalized spacial score (nSPS) is 17.4. The first-order chi connectivity index (χ1) is 8.16. The van der Waals surface area contributed by atoms with Gasteiger partial charge >= 0.3 is 0 Å². The summed E-state index contributed by atoms with van der Waals surface area (Å²) in [6.45, 7) is 2.08. The van der Waals surface area contributed by atoms with Crippen LogP contribution in [0.3, 0.4) is 0 Å². The van der Waals surface area contributed by atoms with Crippen molar-refractivity contribution in [3.05, 3.63) is 29.8 Å². The molecule has 3 heteroatoms. The van der Waals surface area contributed by atoms with Crippen LogP contribution in [0.2, 0.25) is 0 Å². The Morgan fingerprint density at radius 1 is 1.24 bits per heavy atom. The fraction of sp³-hybridized carbons (Fsp3) is 0.500. The van der Waals surface area contributed by atoms with E-state index in [-0.39, 0.29) is 0 Å². The number of benzene rings is 1. The first kappa shape index (κ1) is 12.0. The number of rotatable bonds is 2. The Kier molecular flexibility index (Phi) is 3.67. The third-order valence-corrected chi connectivity index (χ3v) is 3.40. The van der Waals surface area contributed by atoms with Gasteiger partial charge in [-0.15, -0.1) is 0 Å². The van der Waals surface area contributed by atoms with Crippen LogP contribution in [0, 0.1) is 6.92 Å². The Morgan fingerprint density at radius 3 is 2.41 bits per heavy atom. The maximum Gasteiger partial charge on any atom is 0.195 e. The van der Waals surface area contributed by atoms with Gasteiger partial charge in [0.15, 0.2) is 5.96 Å². The average Bonchev–Trinajstić information content (AvgIpc) is 2.82. The van der Waals surface area contributed by atoms with Crippen molar-refractivity contribution < 1.29 is 0 Å². The van der Waals surface area contributed by atoms with Crippen LogP contribution >= 0.6 is 0 Å². The van der Waals surface area contributed by atoms with Crippen LogP contribution in [0.25, 0.3) is 0 Å². The number of guanidine groups is 1. The molecule has 1 saturated carbocycles. The second-order valence-electron chi connectivity index (χ2n) is 4.82. The number of nitrogens with zero attached hydrogens (tertiary/aromatic N) is 2. The molecule has 0 unspecified atom stereocenters. The van der Waals surface area contributed by atoms with Crippen LogP contribution in [-0.4, -0.2) is 19.0 Å². The lowest BCUT2D eigenvalue weighted by Crippen LogP contribution is -2.35. The van der Waals surface area contributed by atoms with Crippen LogP contribution in [-0.2, 0) is 0 Å². The minimum Gasteiger partial charge on any atom is -0.370 e. The molecular weight excluding hydrogens is 210 g/mol. The maximum absolute atomic E-state index is 6.04. The molecule has 3 nitrogen and oxygen atoms in total. The molecule has 1 aromatic rings. The fourth-order valence-corrected chi connectivity index (χ4v) is 2.21. The van der Waals surface area contributed by atoms with Crippen LogP contribution < -0.4 is 10.6 Å². The van der Waals surface area contributed by atoms with Gasteiger partial charge in [0.05, 0.1) is 6.04 Å². The van der Waals surface area contributed by atoms with Gasteiger partial charge in [-0.1, -0.05) is 30.5 Å². The standard InChI is InChI=1S/C14H21N3/c1-11-7-9-13(10-8-11)17(2)14(15)16-12-5-3-4-6-12/h7-10,12H,3-6H2,1-2H3,(H2,15,16). The predicted molar refractivity (Wildman–Crippen MR) is 73.5 cm³/mol. The molecule has 0 atom stereocenters. The van der Waals surface area contributed by atoms with Crippen molar-refractivity contribution in [2.75, 3.05) is 11.9 Å². The zero-order valence-electron chi connectivity index (χ0n) is 10.7. The molecule has 1 fully saturated rings. The monoisotopic (exact) mass is 231 g/mol. The van der Waals surface area contributed by atoms with E-state index in [9.17, 15) is 0 Å². The summed E-state index contributed by atoms with van der Waals surface area (Å²) in [4.78, 5) is 6.55. The highest BCUT2D eigenvalue weighted by molar-refractivity contribution is 5.94. The Labute approximate surface area is 103 Å². The van der Waals surface area contributed by atoms with Crippen LogP contribution in [0.1, 0.15) is 31.2 Å². The van der Waals surface area contributed by atoms with Crippen LogP contribution in [0.15, 0.2) is 29.3 Å². The van der Waals surface area contributed by atoms with E-state index in [1.54, 1.807) is 0 Å². The van der Waals surface area contributed by atoms with Gasteiger partial charge in [-0.25, -0.2) is 4.99 Å². The topological polar surface area (TPSA) is 41.6 Å². The second-order valence-corrected chi connectivity index (χ2v) is 4.82. The number of hydrogen-bond acceptors (Lipinski definition) is 1. The summed E-state index contributed by atoms with van der Waals surface area (Å²) in [6.07, 6.45) is 4.94.